The summed E-state index contributed by atoms with van der Waals surface area (Å²) in [5.74, 6) is 1.43. The van der Waals surface area contributed by atoms with Crippen LogP contribution in [-0.4, -0.2) is 70.7 Å². The molecule has 0 radical (unpaired) electrons. The molecule has 0 bridgehead atoms. The lowest BCUT2D eigenvalue weighted by Gasteiger charge is -2.22. The second kappa shape index (κ2) is 10.7. The van der Waals surface area contributed by atoms with Gasteiger partial charge in [-0.05, 0) is 24.6 Å². The van der Waals surface area contributed by atoms with Gasteiger partial charge in [0, 0.05) is 45.3 Å². The van der Waals surface area contributed by atoms with Crippen molar-refractivity contribution in [3.8, 4) is 5.75 Å². The number of aliphatic imine (C=N–C) groups is 1. The molecule has 1 aromatic rings. The zero-order chi connectivity index (χ0) is 18.4. The maximum Gasteiger partial charge on any atom is 0.241 e. The van der Waals surface area contributed by atoms with Crippen molar-refractivity contribution in [1.29, 1.82) is 0 Å². The largest absolute Gasteiger partial charge is 0.495 e. The molecule has 0 aromatic heterocycles. The van der Waals surface area contributed by atoms with Crippen molar-refractivity contribution in [2.75, 3.05) is 52.8 Å². The molecule has 1 aromatic carbocycles. The van der Waals surface area contributed by atoms with Gasteiger partial charge in [-0.1, -0.05) is 11.6 Å². The molecule has 1 amide bonds. The molecule has 1 unspecified atom stereocenters. The Morgan fingerprint density at radius 3 is 2.81 bits per heavy atom. The summed E-state index contributed by atoms with van der Waals surface area (Å²) < 4.78 is 5.44. The molecule has 146 valence electrons. The van der Waals surface area contributed by atoms with E-state index >= 15 is 0 Å². The normalized spacial score (nSPS) is 16.7. The van der Waals surface area contributed by atoms with Gasteiger partial charge >= 0.3 is 0 Å². The third kappa shape index (κ3) is 6.08. The summed E-state index contributed by atoms with van der Waals surface area (Å²) in [6, 6.07) is 5.85. The molecule has 7 nitrogen and oxygen atoms in total. The fourth-order valence-corrected chi connectivity index (χ4v) is 2.88. The molecule has 1 aliphatic heterocycles. The van der Waals surface area contributed by atoms with E-state index < -0.39 is 0 Å². The number of hydrogen-bond donors (Lipinski definition) is 2. The maximum absolute atomic E-state index is 11.7. The Morgan fingerprint density at radius 1 is 1.46 bits per heavy atom. The summed E-state index contributed by atoms with van der Waals surface area (Å²) in [4.78, 5) is 19.7. The van der Waals surface area contributed by atoms with Gasteiger partial charge in [0.25, 0.3) is 0 Å². The standard InChI is InChI=1S/C17H26ClN5O2.HI/c1-19-17(20-10-16(24)22(2)3)21-13-7-8-23(11-13)14-9-12(18)5-6-15(14)25-4;/h5-6,9,13H,7-8,10-11H2,1-4H3,(H2,19,20,21);1H. The zero-order valence-corrected chi connectivity index (χ0v) is 18.7. The average molecular weight is 496 g/mol. The number of nitrogens with one attached hydrogen (secondary N) is 2. The van der Waals surface area contributed by atoms with Gasteiger partial charge < -0.3 is 25.2 Å². The molecule has 1 atom stereocenters. The van der Waals surface area contributed by atoms with E-state index in [1.165, 1.54) is 0 Å². The highest BCUT2D eigenvalue weighted by molar-refractivity contribution is 14.0. The number of nitrogens with zero attached hydrogens (tertiary/aromatic N) is 3. The topological polar surface area (TPSA) is 69.2 Å². The van der Waals surface area contributed by atoms with Crippen LogP contribution in [0, 0.1) is 0 Å². The first-order valence-corrected chi connectivity index (χ1v) is 8.58. The molecule has 0 saturated carbocycles. The van der Waals surface area contributed by atoms with Crippen molar-refractivity contribution in [3.05, 3.63) is 23.2 Å². The van der Waals surface area contributed by atoms with Crippen LogP contribution in [0.3, 0.4) is 0 Å². The fraction of sp³-hybridized carbons (Fsp3) is 0.529. The molecule has 2 rings (SSSR count). The second-order valence-electron chi connectivity index (χ2n) is 6.11. The number of hydrogen-bond acceptors (Lipinski definition) is 4. The lowest BCUT2D eigenvalue weighted by Crippen LogP contribution is -2.47. The number of benzene rings is 1. The number of rotatable bonds is 5. The van der Waals surface area contributed by atoms with E-state index in [2.05, 4.69) is 20.5 Å². The van der Waals surface area contributed by atoms with Gasteiger partial charge in [-0.2, -0.15) is 0 Å². The predicted molar refractivity (Wildman–Crippen MR) is 117 cm³/mol. The van der Waals surface area contributed by atoms with Crippen LogP contribution in [0.15, 0.2) is 23.2 Å². The van der Waals surface area contributed by atoms with Gasteiger partial charge in [0.05, 0.1) is 19.3 Å². The van der Waals surface area contributed by atoms with Gasteiger partial charge in [-0.3, -0.25) is 9.79 Å². The van der Waals surface area contributed by atoms with Gasteiger partial charge in [-0.25, -0.2) is 0 Å². The smallest absolute Gasteiger partial charge is 0.241 e. The minimum absolute atomic E-state index is 0. The Hall–Kier alpha value is -1.42. The quantitative estimate of drug-likeness (QED) is 0.370. The summed E-state index contributed by atoms with van der Waals surface area (Å²) in [6.07, 6.45) is 0.956. The van der Waals surface area contributed by atoms with Crippen LogP contribution in [0.25, 0.3) is 0 Å². The van der Waals surface area contributed by atoms with E-state index in [9.17, 15) is 4.79 Å². The van der Waals surface area contributed by atoms with E-state index in [0.717, 1.165) is 30.9 Å². The molecule has 0 aliphatic carbocycles. The summed E-state index contributed by atoms with van der Waals surface area (Å²) in [5, 5.41) is 7.10. The molecule has 0 spiro atoms. The van der Waals surface area contributed by atoms with Crippen molar-refractivity contribution in [2.24, 2.45) is 4.99 Å². The van der Waals surface area contributed by atoms with Gasteiger partial charge in [-0.15, -0.1) is 24.0 Å². The summed E-state index contributed by atoms with van der Waals surface area (Å²) in [7, 11) is 6.81. The van der Waals surface area contributed by atoms with Crippen LogP contribution in [0.5, 0.6) is 5.75 Å². The lowest BCUT2D eigenvalue weighted by molar-refractivity contribution is -0.127. The predicted octanol–water partition coefficient (Wildman–Crippen LogP) is 1.80. The highest BCUT2D eigenvalue weighted by atomic mass is 127. The first-order valence-electron chi connectivity index (χ1n) is 8.20. The number of guanidine groups is 1. The van der Waals surface area contributed by atoms with Crippen molar-refractivity contribution in [2.45, 2.75) is 12.5 Å². The Bertz CT molecular complexity index is 642. The highest BCUT2D eigenvalue weighted by Gasteiger charge is 2.25. The van der Waals surface area contributed by atoms with Crippen molar-refractivity contribution < 1.29 is 9.53 Å². The number of halogens is 2. The van der Waals surface area contributed by atoms with Crippen molar-refractivity contribution in [3.63, 3.8) is 0 Å². The number of carbonyl (C=O) groups excluding carboxylic acids is 1. The highest BCUT2D eigenvalue weighted by Crippen LogP contribution is 2.33. The Balaban J connectivity index is 0.00000338. The van der Waals surface area contributed by atoms with E-state index in [1.54, 1.807) is 33.2 Å². The Labute approximate surface area is 177 Å². The zero-order valence-electron chi connectivity index (χ0n) is 15.6. The van der Waals surface area contributed by atoms with Gasteiger partial charge in [0.1, 0.15) is 5.75 Å². The first-order chi connectivity index (χ1) is 11.9. The van der Waals surface area contributed by atoms with Gasteiger partial charge in [0.2, 0.25) is 5.91 Å². The minimum Gasteiger partial charge on any atom is -0.495 e. The van der Waals surface area contributed by atoms with E-state index in [0.29, 0.717) is 11.0 Å². The van der Waals surface area contributed by atoms with E-state index in [1.807, 2.05) is 18.2 Å². The van der Waals surface area contributed by atoms with Crippen LogP contribution in [0.2, 0.25) is 5.02 Å². The summed E-state index contributed by atoms with van der Waals surface area (Å²) >= 11 is 6.13. The monoisotopic (exact) mass is 495 g/mol. The lowest BCUT2D eigenvalue weighted by atomic mass is 10.2. The Morgan fingerprint density at radius 2 is 2.19 bits per heavy atom. The molecular formula is C17H27ClIN5O2. The fourth-order valence-electron chi connectivity index (χ4n) is 2.71. The number of anilines is 1. The van der Waals surface area contributed by atoms with Crippen molar-refractivity contribution >= 4 is 53.1 Å². The van der Waals surface area contributed by atoms with E-state index in [-0.39, 0.29) is 42.5 Å². The number of amides is 1. The number of methoxy groups -OCH3 is 1. The molecule has 2 N–H and O–H groups in total. The molecule has 1 heterocycles. The third-order valence-corrected chi connectivity index (χ3v) is 4.38. The van der Waals surface area contributed by atoms with Crippen LogP contribution in [0.1, 0.15) is 6.42 Å². The minimum atomic E-state index is -0.000313. The average Bonchev–Trinajstić information content (AvgIpc) is 3.06. The SMILES string of the molecule is CN=C(NCC(=O)N(C)C)NC1CCN(c2cc(Cl)ccc2OC)C1.I. The van der Waals surface area contributed by atoms with Crippen LogP contribution >= 0.6 is 35.6 Å². The van der Waals surface area contributed by atoms with Crippen molar-refractivity contribution in [1.82, 2.24) is 15.5 Å². The van der Waals surface area contributed by atoms with Crippen LogP contribution in [0.4, 0.5) is 5.69 Å². The number of likely N-dealkylation sites (N-methyl/N-ethyl adjacent to an activating group) is 1. The molecule has 1 saturated heterocycles. The third-order valence-electron chi connectivity index (χ3n) is 4.14. The second-order valence-corrected chi connectivity index (χ2v) is 6.54. The molecular weight excluding hydrogens is 469 g/mol. The Kier molecular flexibility index (Phi) is 9.28. The molecule has 9 heteroatoms. The number of carbonyl (C=O) groups is 1. The number of ether oxygens (including phenoxy) is 1. The van der Waals surface area contributed by atoms with Gasteiger partial charge in [0.15, 0.2) is 5.96 Å². The van der Waals surface area contributed by atoms with Crippen LogP contribution in [-0.2, 0) is 4.79 Å². The summed E-state index contributed by atoms with van der Waals surface area (Å²) in [6.45, 7) is 1.91. The van der Waals surface area contributed by atoms with E-state index in [4.69, 9.17) is 16.3 Å². The van der Waals surface area contributed by atoms with Crippen LogP contribution < -0.4 is 20.3 Å². The summed E-state index contributed by atoms with van der Waals surface area (Å²) in [5.41, 5.74) is 0.991. The molecule has 1 aliphatic rings. The molecule has 1 fully saturated rings. The first kappa shape index (κ1) is 22.6. The molecule has 26 heavy (non-hydrogen) atoms. The maximum atomic E-state index is 11.7.